The van der Waals surface area contributed by atoms with Gasteiger partial charge in [-0.2, -0.15) is 0 Å². The second kappa shape index (κ2) is 4.92. The summed E-state index contributed by atoms with van der Waals surface area (Å²) < 4.78 is 5.19. The summed E-state index contributed by atoms with van der Waals surface area (Å²) in [5.74, 6) is 0.812. The Balaban J connectivity index is 2.16. The molecule has 1 aromatic rings. The molecule has 2 unspecified atom stereocenters. The van der Waals surface area contributed by atoms with Gasteiger partial charge in [-0.05, 0) is 39.2 Å². The van der Waals surface area contributed by atoms with Crippen LogP contribution in [0.1, 0.15) is 42.3 Å². The molecule has 4 nitrogen and oxygen atoms in total. The first-order valence-electron chi connectivity index (χ1n) is 6.21. The van der Waals surface area contributed by atoms with Crippen LogP contribution < -0.4 is 5.73 Å². The molecule has 1 fully saturated rings. The Morgan fingerprint density at radius 3 is 2.94 bits per heavy atom. The number of furan rings is 1. The molecule has 0 bridgehead atoms. The lowest BCUT2D eigenvalue weighted by Crippen LogP contribution is -2.51. The third-order valence-corrected chi connectivity index (χ3v) is 3.39. The highest BCUT2D eigenvalue weighted by atomic mass is 16.3. The van der Waals surface area contributed by atoms with Crippen LogP contribution in [0.2, 0.25) is 0 Å². The van der Waals surface area contributed by atoms with Gasteiger partial charge in [0.15, 0.2) is 0 Å². The van der Waals surface area contributed by atoms with E-state index in [1.165, 1.54) is 6.26 Å². The fraction of sp³-hybridized carbons (Fsp3) is 0.615. The summed E-state index contributed by atoms with van der Waals surface area (Å²) in [5.41, 5.74) is 6.60. The first-order chi connectivity index (χ1) is 8.09. The average molecular weight is 236 g/mol. The van der Waals surface area contributed by atoms with Crippen molar-refractivity contribution in [2.24, 2.45) is 5.73 Å². The van der Waals surface area contributed by atoms with E-state index in [4.69, 9.17) is 10.2 Å². The van der Waals surface area contributed by atoms with E-state index in [1.807, 2.05) is 18.7 Å². The number of piperidine rings is 1. The number of likely N-dealkylation sites (tertiary alicyclic amines) is 1. The minimum atomic E-state index is 0.0206. The van der Waals surface area contributed by atoms with Crippen LogP contribution >= 0.6 is 0 Å². The molecule has 2 atom stereocenters. The standard InChI is InChI=1S/C13H20N2O2/c1-9-7-11(8-17-9)13(16)15-6-4-3-5-12(15)10(2)14/h7-8,10,12H,3-6,14H2,1-2H3. The highest BCUT2D eigenvalue weighted by Crippen LogP contribution is 2.22. The maximum Gasteiger partial charge on any atom is 0.257 e. The van der Waals surface area contributed by atoms with Crippen LogP contribution in [-0.2, 0) is 0 Å². The number of carbonyl (C=O) groups excluding carboxylic acids is 1. The van der Waals surface area contributed by atoms with Crippen LogP contribution in [0.3, 0.4) is 0 Å². The van der Waals surface area contributed by atoms with Crippen LogP contribution in [0.15, 0.2) is 16.7 Å². The van der Waals surface area contributed by atoms with Gasteiger partial charge in [-0.3, -0.25) is 4.79 Å². The van der Waals surface area contributed by atoms with Gasteiger partial charge in [0.1, 0.15) is 12.0 Å². The monoisotopic (exact) mass is 236 g/mol. The van der Waals surface area contributed by atoms with E-state index in [2.05, 4.69) is 0 Å². The molecule has 1 aliphatic heterocycles. The summed E-state index contributed by atoms with van der Waals surface area (Å²) in [4.78, 5) is 14.2. The van der Waals surface area contributed by atoms with E-state index in [-0.39, 0.29) is 18.0 Å². The number of nitrogens with two attached hydrogens (primary N) is 1. The quantitative estimate of drug-likeness (QED) is 0.853. The van der Waals surface area contributed by atoms with Gasteiger partial charge in [0.25, 0.3) is 5.91 Å². The van der Waals surface area contributed by atoms with E-state index >= 15 is 0 Å². The van der Waals surface area contributed by atoms with E-state index in [0.29, 0.717) is 5.56 Å². The predicted molar refractivity (Wildman–Crippen MR) is 65.8 cm³/mol. The topological polar surface area (TPSA) is 59.5 Å². The van der Waals surface area contributed by atoms with Crippen molar-refractivity contribution >= 4 is 5.91 Å². The summed E-state index contributed by atoms with van der Waals surface area (Å²) in [6, 6.07) is 1.97. The largest absolute Gasteiger partial charge is 0.469 e. The molecule has 2 N–H and O–H groups in total. The third-order valence-electron chi connectivity index (χ3n) is 3.39. The zero-order valence-corrected chi connectivity index (χ0v) is 10.5. The maximum absolute atomic E-state index is 12.3. The highest BCUT2D eigenvalue weighted by Gasteiger charge is 2.30. The lowest BCUT2D eigenvalue weighted by atomic mass is 9.96. The van der Waals surface area contributed by atoms with Crippen molar-refractivity contribution in [3.63, 3.8) is 0 Å². The average Bonchev–Trinajstić information content (AvgIpc) is 2.75. The van der Waals surface area contributed by atoms with Gasteiger partial charge in [0.2, 0.25) is 0 Å². The maximum atomic E-state index is 12.3. The van der Waals surface area contributed by atoms with Crippen LogP contribution in [0, 0.1) is 6.92 Å². The first kappa shape index (κ1) is 12.2. The van der Waals surface area contributed by atoms with Gasteiger partial charge in [-0.1, -0.05) is 0 Å². The summed E-state index contributed by atoms with van der Waals surface area (Å²) in [7, 11) is 0. The lowest BCUT2D eigenvalue weighted by molar-refractivity contribution is 0.0583. The van der Waals surface area contributed by atoms with Crippen molar-refractivity contribution in [1.82, 2.24) is 4.90 Å². The number of hydrogen-bond acceptors (Lipinski definition) is 3. The highest BCUT2D eigenvalue weighted by molar-refractivity contribution is 5.94. The molecule has 0 saturated carbocycles. The molecule has 1 saturated heterocycles. The zero-order chi connectivity index (χ0) is 12.4. The number of carbonyl (C=O) groups is 1. The fourth-order valence-electron chi connectivity index (χ4n) is 2.48. The molecule has 1 aliphatic rings. The first-order valence-corrected chi connectivity index (χ1v) is 6.21. The number of hydrogen-bond donors (Lipinski definition) is 1. The zero-order valence-electron chi connectivity index (χ0n) is 10.5. The minimum absolute atomic E-state index is 0.0206. The van der Waals surface area contributed by atoms with Gasteiger partial charge >= 0.3 is 0 Å². The summed E-state index contributed by atoms with van der Waals surface area (Å²) in [6.45, 7) is 4.61. The number of nitrogens with zero attached hydrogens (tertiary/aromatic N) is 1. The molecular formula is C13H20N2O2. The fourth-order valence-corrected chi connectivity index (χ4v) is 2.48. The van der Waals surface area contributed by atoms with Crippen molar-refractivity contribution in [1.29, 1.82) is 0 Å². The number of rotatable bonds is 2. The van der Waals surface area contributed by atoms with Crippen LogP contribution in [0.4, 0.5) is 0 Å². The van der Waals surface area contributed by atoms with Crippen LogP contribution in [0.5, 0.6) is 0 Å². The van der Waals surface area contributed by atoms with Gasteiger partial charge in [0, 0.05) is 18.6 Å². The molecule has 17 heavy (non-hydrogen) atoms. The van der Waals surface area contributed by atoms with E-state index < -0.39 is 0 Å². The Hall–Kier alpha value is -1.29. The van der Waals surface area contributed by atoms with Gasteiger partial charge in [-0.25, -0.2) is 0 Å². The summed E-state index contributed by atoms with van der Waals surface area (Å²) in [5, 5.41) is 0. The van der Waals surface area contributed by atoms with Crippen molar-refractivity contribution < 1.29 is 9.21 Å². The van der Waals surface area contributed by atoms with Crippen molar-refractivity contribution in [2.45, 2.75) is 45.2 Å². The number of aryl methyl sites for hydroxylation is 1. The van der Waals surface area contributed by atoms with Crippen molar-refractivity contribution in [3.05, 3.63) is 23.7 Å². The van der Waals surface area contributed by atoms with Crippen molar-refractivity contribution in [2.75, 3.05) is 6.54 Å². The van der Waals surface area contributed by atoms with Gasteiger partial charge in [0.05, 0.1) is 5.56 Å². The SMILES string of the molecule is Cc1cc(C(=O)N2CCCCC2C(C)N)co1. The summed E-state index contributed by atoms with van der Waals surface area (Å²) >= 11 is 0. The molecule has 0 spiro atoms. The van der Waals surface area contributed by atoms with E-state index in [9.17, 15) is 4.79 Å². The Bertz CT molecular complexity index is 398. The molecule has 0 radical (unpaired) electrons. The molecule has 2 rings (SSSR count). The van der Waals surface area contributed by atoms with Crippen LogP contribution in [-0.4, -0.2) is 29.4 Å². The Labute approximate surface area is 102 Å². The third kappa shape index (κ3) is 2.52. The Morgan fingerprint density at radius 2 is 2.35 bits per heavy atom. The van der Waals surface area contributed by atoms with Crippen molar-refractivity contribution in [3.8, 4) is 0 Å². The van der Waals surface area contributed by atoms with Crippen LogP contribution in [0.25, 0.3) is 0 Å². The molecule has 4 heteroatoms. The normalized spacial score (nSPS) is 22.5. The predicted octanol–water partition coefficient (Wildman–Crippen LogP) is 1.93. The Kier molecular flexibility index (Phi) is 3.52. The molecule has 0 aromatic carbocycles. The smallest absolute Gasteiger partial charge is 0.257 e. The Morgan fingerprint density at radius 1 is 1.59 bits per heavy atom. The molecular weight excluding hydrogens is 216 g/mol. The molecule has 1 aromatic heterocycles. The minimum Gasteiger partial charge on any atom is -0.469 e. The molecule has 1 amide bonds. The van der Waals surface area contributed by atoms with E-state index in [0.717, 1.165) is 31.6 Å². The second-order valence-electron chi connectivity index (χ2n) is 4.87. The molecule has 0 aliphatic carbocycles. The molecule has 94 valence electrons. The second-order valence-corrected chi connectivity index (χ2v) is 4.87. The molecule has 2 heterocycles. The lowest BCUT2D eigenvalue weighted by Gasteiger charge is -2.37. The van der Waals surface area contributed by atoms with E-state index in [1.54, 1.807) is 6.07 Å². The summed E-state index contributed by atoms with van der Waals surface area (Å²) in [6.07, 6.45) is 4.75. The van der Waals surface area contributed by atoms with Gasteiger partial charge < -0.3 is 15.1 Å². The number of amides is 1. The van der Waals surface area contributed by atoms with Gasteiger partial charge in [-0.15, -0.1) is 0 Å².